The lowest BCUT2D eigenvalue weighted by molar-refractivity contribution is 0.545. The van der Waals surface area contributed by atoms with Gasteiger partial charge < -0.3 is 9.55 Å². The first-order chi connectivity index (χ1) is 18.2. The van der Waals surface area contributed by atoms with E-state index in [1.165, 1.54) is 12.3 Å². The first kappa shape index (κ1) is 24.4. The van der Waals surface area contributed by atoms with Crippen LogP contribution in [-0.2, 0) is 10.2 Å². The minimum atomic E-state index is -4.92. The quantitative estimate of drug-likeness (QED) is 0.211. The number of benzene rings is 2. The van der Waals surface area contributed by atoms with Gasteiger partial charge in [0.15, 0.2) is 5.43 Å². The highest BCUT2D eigenvalue weighted by Gasteiger charge is 2.26. The lowest BCUT2D eigenvalue weighted by Crippen LogP contribution is -2.15. The van der Waals surface area contributed by atoms with E-state index >= 15 is 0 Å². The third-order valence-corrected chi connectivity index (χ3v) is 8.49. The molecule has 0 unspecified atom stereocenters. The Morgan fingerprint density at radius 2 is 1.87 bits per heavy atom. The maximum atomic E-state index is 14.1. The van der Waals surface area contributed by atoms with Gasteiger partial charge in [0.25, 0.3) is 0 Å². The van der Waals surface area contributed by atoms with Gasteiger partial charge in [0.1, 0.15) is 10.5 Å². The fourth-order valence-electron chi connectivity index (χ4n) is 5.89. The topological polar surface area (TPSA) is 84.8 Å². The van der Waals surface area contributed by atoms with Crippen LogP contribution in [0.15, 0.2) is 58.5 Å². The van der Waals surface area contributed by atoms with Gasteiger partial charge in [0, 0.05) is 45.9 Å². The van der Waals surface area contributed by atoms with Crippen molar-refractivity contribution in [3.05, 3.63) is 70.1 Å². The fourth-order valence-corrected chi connectivity index (χ4v) is 6.35. The first-order valence-electron chi connectivity index (χ1n) is 12.7. The second-order valence-corrected chi connectivity index (χ2v) is 11.7. The lowest BCUT2D eigenvalue weighted by Gasteiger charge is -2.22. The largest absolute Gasteiger partial charge is 0.340 e. The Balaban J connectivity index is 1.76. The van der Waals surface area contributed by atoms with E-state index in [1.807, 2.05) is 44.2 Å². The zero-order chi connectivity index (χ0) is 26.8. The number of nitrogens with zero attached hydrogens (tertiary/aromatic N) is 2. The van der Waals surface area contributed by atoms with Crippen molar-refractivity contribution in [2.75, 3.05) is 0 Å². The molecule has 3 aromatic heterocycles. The predicted molar refractivity (Wildman–Crippen MR) is 149 cm³/mol. The van der Waals surface area contributed by atoms with Gasteiger partial charge in [-0.25, -0.2) is 0 Å². The van der Waals surface area contributed by atoms with E-state index in [0.717, 1.165) is 70.6 Å². The number of nitrogens with one attached hydrogen (secondary N) is 1. The number of terminal acetylenes is 1. The second kappa shape index (κ2) is 8.81. The van der Waals surface area contributed by atoms with E-state index in [4.69, 9.17) is 6.42 Å². The molecule has 0 spiro atoms. The molecule has 0 amide bonds. The summed E-state index contributed by atoms with van der Waals surface area (Å²) < 4.78 is 39.3. The third kappa shape index (κ3) is 3.81. The van der Waals surface area contributed by atoms with Gasteiger partial charge in [0.2, 0.25) is 0 Å². The second-order valence-electron chi connectivity index (χ2n) is 10.3. The van der Waals surface area contributed by atoms with Gasteiger partial charge in [0.05, 0.1) is 10.9 Å². The number of hydrogen-bond donors (Lipinski definition) is 1. The maximum Gasteiger partial charge on any atom is 0.333 e. The Bertz CT molecular complexity index is 1970. The Morgan fingerprint density at radius 1 is 1.11 bits per heavy atom. The highest BCUT2D eigenvalue weighted by atomic mass is 32.3. The molecular formula is C30H26FN3O3S. The summed E-state index contributed by atoms with van der Waals surface area (Å²) in [6, 6.07) is 11.0. The molecule has 0 bridgehead atoms. The predicted octanol–water partition coefficient (Wildman–Crippen LogP) is 6.58. The normalized spacial score (nSPS) is 14.7. The van der Waals surface area contributed by atoms with E-state index in [0.29, 0.717) is 16.3 Å². The molecular weight excluding hydrogens is 501 g/mol. The van der Waals surface area contributed by atoms with Gasteiger partial charge in [-0.3, -0.25) is 9.78 Å². The molecule has 0 aliphatic heterocycles. The van der Waals surface area contributed by atoms with Crippen molar-refractivity contribution in [2.24, 2.45) is 0 Å². The summed E-state index contributed by atoms with van der Waals surface area (Å²) in [5.41, 5.74) is 5.03. The smallest absolute Gasteiger partial charge is 0.333 e. The molecule has 8 heteroatoms. The highest BCUT2D eigenvalue weighted by molar-refractivity contribution is 7.86. The van der Waals surface area contributed by atoms with E-state index in [1.54, 1.807) is 0 Å². The summed E-state index contributed by atoms with van der Waals surface area (Å²) >= 11 is 0. The molecule has 2 aromatic carbocycles. The van der Waals surface area contributed by atoms with E-state index < -0.39 is 15.1 Å². The van der Waals surface area contributed by atoms with Crippen LogP contribution in [0.3, 0.4) is 0 Å². The molecule has 1 aliphatic carbocycles. The average molecular weight is 528 g/mol. The number of rotatable bonds is 4. The molecule has 0 saturated heterocycles. The number of aromatic amines is 1. The van der Waals surface area contributed by atoms with Crippen LogP contribution in [0, 0.1) is 12.3 Å². The fraction of sp³-hybridized carbons (Fsp3) is 0.267. The molecule has 1 fully saturated rings. The molecule has 1 saturated carbocycles. The van der Waals surface area contributed by atoms with E-state index in [-0.39, 0.29) is 17.4 Å². The van der Waals surface area contributed by atoms with Crippen LogP contribution < -0.4 is 5.43 Å². The molecule has 5 aromatic rings. The van der Waals surface area contributed by atoms with Gasteiger partial charge in [-0.05, 0) is 60.2 Å². The number of hydrogen-bond acceptors (Lipinski definition) is 4. The Morgan fingerprint density at radius 3 is 2.55 bits per heavy atom. The first-order valence-corrected chi connectivity index (χ1v) is 14.1. The average Bonchev–Trinajstić information content (AvgIpc) is 3.55. The van der Waals surface area contributed by atoms with E-state index in [2.05, 4.69) is 20.5 Å². The van der Waals surface area contributed by atoms with Crippen molar-refractivity contribution in [1.82, 2.24) is 14.5 Å². The summed E-state index contributed by atoms with van der Waals surface area (Å²) in [4.78, 5) is 21.1. The minimum absolute atomic E-state index is 0.0104. The van der Waals surface area contributed by atoms with Crippen LogP contribution in [0.5, 0.6) is 0 Å². The molecule has 0 radical (unpaired) electrons. The van der Waals surface area contributed by atoms with Gasteiger partial charge in [-0.15, -0.1) is 10.3 Å². The summed E-state index contributed by atoms with van der Waals surface area (Å²) in [6.45, 7) is 4.02. The van der Waals surface area contributed by atoms with Crippen molar-refractivity contribution in [3.8, 4) is 23.5 Å². The van der Waals surface area contributed by atoms with Crippen LogP contribution in [0.25, 0.3) is 44.0 Å². The third-order valence-electron chi connectivity index (χ3n) is 7.70. The zero-order valence-corrected chi connectivity index (χ0v) is 21.9. The van der Waals surface area contributed by atoms with Gasteiger partial charge >= 0.3 is 10.2 Å². The van der Waals surface area contributed by atoms with Gasteiger partial charge in [-0.1, -0.05) is 38.7 Å². The van der Waals surface area contributed by atoms with Crippen molar-refractivity contribution in [3.63, 3.8) is 0 Å². The van der Waals surface area contributed by atoms with Crippen LogP contribution in [0.4, 0.5) is 3.89 Å². The van der Waals surface area contributed by atoms with Crippen molar-refractivity contribution in [2.45, 2.75) is 56.4 Å². The monoisotopic (exact) mass is 527 g/mol. The lowest BCUT2D eigenvalue weighted by atomic mass is 9.91. The minimum Gasteiger partial charge on any atom is -0.340 e. The summed E-state index contributed by atoms with van der Waals surface area (Å²) in [7, 11) is -4.92. The maximum absolute atomic E-state index is 14.1. The number of pyridine rings is 2. The van der Waals surface area contributed by atoms with Crippen LogP contribution in [0.2, 0.25) is 0 Å². The van der Waals surface area contributed by atoms with Crippen molar-refractivity contribution < 1.29 is 12.3 Å². The molecule has 0 atom stereocenters. The van der Waals surface area contributed by atoms with Gasteiger partial charge in [-0.2, -0.15) is 8.42 Å². The summed E-state index contributed by atoms with van der Waals surface area (Å²) in [6.07, 6.45) is 12.3. The molecule has 6 nitrogen and oxygen atoms in total. The highest BCUT2D eigenvalue weighted by Crippen LogP contribution is 2.39. The number of H-pyrrole nitrogens is 1. The standard InChI is InChI=1S/C30H26FN3O3S/c1-4-18-9-10-22-26(11-18)33-30-28(22)29(35)25-13-23(17(2)3)24(14-27(25)34(30)20-7-5-6-8-20)19-12-21(16-32-15-19)38(31,36)37/h1,9-17,20,33H,5-8H2,2-3H3. The molecule has 3 heterocycles. The molecule has 192 valence electrons. The van der Waals surface area contributed by atoms with Crippen LogP contribution in [-0.4, -0.2) is 23.0 Å². The molecule has 6 rings (SSSR count). The van der Waals surface area contributed by atoms with Crippen molar-refractivity contribution in [1.29, 1.82) is 0 Å². The molecule has 1 N–H and O–H groups in total. The van der Waals surface area contributed by atoms with Crippen LogP contribution >= 0.6 is 0 Å². The van der Waals surface area contributed by atoms with Crippen molar-refractivity contribution >= 4 is 43.1 Å². The summed E-state index contributed by atoms with van der Waals surface area (Å²) in [5, 5.41) is 2.07. The Labute approximate surface area is 219 Å². The number of halogens is 1. The Kier molecular flexibility index (Phi) is 5.65. The SMILES string of the molecule is C#Cc1ccc2c(c1)[nH]c1c2c(=O)c2cc(C(C)C)c(-c3cncc(S(=O)(=O)F)c3)cc2n1C1CCCC1. The van der Waals surface area contributed by atoms with E-state index in [9.17, 15) is 17.1 Å². The molecule has 1 aliphatic rings. The zero-order valence-electron chi connectivity index (χ0n) is 21.1. The Hall–Kier alpha value is -3.96. The number of aromatic nitrogens is 3. The summed E-state index contributed by atoms with van der Waals surface area (Å²) in [5.74, 6) is 2.67. The number of fused-ring (bicyclic) bond motifs is 4. The molecule has 38 heavy (non-hydrogen) atoms. The van der Waals surface area contributed by atoms with Crippen LogP contribution in [0.1, 0.15) is 62.6 Å².